The molecule has 1 aromatic carbocycles. The van der Waals surface area contributed by atoms with Gasteiger partial charge in [-0.1, -0.05) is 19.9 Å². The van der Waals surface area contributed by atoms with Gasteiger partial charge in [-0.25, -0.2) is 27.2 Å². The highest BCUT2D eigenvalue weighted by molar-refractivity contribution is 7.91. The van der Waals surface area contributed by atoms with Crippen LogP contribution < -0.4 is 5.43 Å². The van der Waals surface area contributed by atoms with E-state index in [9.17, 15) is 17.2 Å². The van der Waals surface area contributed by atoms with Crippen molar-refractivity contribution < 1.29 is 21.6 Å². The van der Waals surface area contributed by atoms with Crippen molar-refractivity contribution in [1.29, 1.82) is 0 Å². The minimum Gasteiger partial charge on any atom is -0.443 e. The second-order valence-corrected chi connectivity index (χ2v) is 13.9. The number of benzene rings is 1. The number of nitrogens with zero attached hydrogens (tertiary/aromatic N) is 4. The molecule has 2 aromatic heterocycles. The summed E-state index contributed by atoms with van der Waals surface area (Å²) in [5, 5.41) is 1.86. The molecule has 2 atom stereocenters. The van der Waals surface area contributed by atoms with Gasteiger partial charge in [-0.05, 0) is 69.2 Å². The number of oxazole rings is 1. The monoisotopic (exact) mass is 583 g/mol. The van der Waals surface area contributed by atoms with Gasteiger partial charge in [0, 0.05) is 25.2 Å². The van der Waals surface area contributed by atoms with Crippen LogP contribution in [0.4, 0.5) is 8.78 Å². The molecule has 2 aliphatic rings. The Morgan fingerprint density at radius 2 is 1.88 bits per heavy atom. The van der Waals surface area contributed by atoms with Crippen molar-refractivity contribution in [3.8, 4) is 11.6 Å². The van der Waals surface area contributed by atoms with Crippen molar-refractivity contribution in [2.45, 2.75) is 63.5 Å². The number of rotatable bonds is 7. The first-order chi connectivity index (χ1) is 19.3. The summed E-state index contributed by atoms with van der Waals surface area (Å²) >= 11 is 0. The van der Waals surface area contributed by atoms with E-state index in [-0.39, 0.29) is 23.1 Å². The van der Waals surface area contributed by atoms with Crippen LogP contribution in [0.3, 0.4) is 0 Å². The van der Waals surface area contributed by atoms with E-state index in [1.54, 1.807) is 26.2 Å². The van der Waals surface area contributed by atoms with Crippen molar-refractivity contribution in [1.82, 2.24) is 25.4 Å². The van der Waals surface area contributed by atoms with Crippen LogP contribution in [0.5, 0.6) is 0 Å². The topological polar surface area (TPSA) is 101 Å². The summed E-state index contributed by atoms with van der Waals surface area (Å²) in [6, 6.07) is 3.87. The lowest BCUT2D eigenvalue weighted by Gasteiger charge is -2.48. The third-order valence-corrected chi connectivity index (χ3v) is 10.8. The molecule has 0 spiro atoms. The number of aromatic nitrogens is 3. The van der Waals surface area contributed by atoms with Crippen molar-refractivity contribution in [2.24, 2.45) is 5.92 Å². The Labute approximate surface area is 239 Å². The maximum absolute atomic E-state index is 14.8. The first-order valence-electron chi connectivity index (χ1n) is 13.7. The largest absolute Gasteiger partial charge is 0.443 e. The maximum atomic E-state index is 14.8. The number of hydrogen-bond acceptors (Lipinski definition) is 8. The third kappa shape index (κ3) is 4.73. The molecule has 3 aromatic rings. The predicted molar refractivity (Wildman–Crippen MR) is 153 cm³/mol. The molecule has 0 amide bonds. The van der Waals surface area contributed by atoms with Gasteiger partial charge in [0.05, 0.1) is 28.6 Å². The van der Waals surface area contributed by atoms with Gasteiger partial charge in [0.15, 0.2) is 9.84 Å². The summed E-state index contributed by atoms with van der Waals surface area (Å²) in [7, 11) is -1.59. The van der Waals surface area contributed by atoms with Crippen LogP contribution >= 0.6 is 0 Å². The molecule has 5 rings (SSSR count). The van der Waals surface area contributed by atoms with E-state index in [4.69, 9.17) is 9.40 Å². The smallest absolute Gasteiger partial charge is 0.246 e. The summed E-state index contributed by atoms with van der Waals surface area (Å²) in [4.78, 5) is 13.9. The summed E-state index contributed by atoms with van der Waals surface area (Å²) < 4.78 is 58.7. The number of allylic oxidation sites excluding steroid dienone is 3. The van der Waals surface area contributed by atoms with Gasteiger partial charge in [-0.15, -0.1) is 0 Å². The summed E-state index contributed by atoms with van der Waals surface area (Å²) in [5.41, 5.74) is 6.33. The summed E-state index contributed by atoms with van der Waals surface area (Å²) in [6.07, 6.45) is 10.9. The number of hydrogen-bond donors (Lipinski definition) is 1. The molecule has 0 fully saturated rings. The Hall–Kier alpha value is -3.60. The van der Waals surface area contributed by atoms with Gasteiger partial charge in [0.25, 0.3) is 0 Å². The van der Waals surface area contributed by atoms with E-state index in [1.807, 2.05) is 18.1 Å². The number of sulfone groups is 1. The molecule has 0 radical (unpaired) electrons. The number of nitrogens with one attached hydrogen (secondary N) is 1. The van der Waals surface area contributed by atoms with Crippen LogP contribution in [0.25, 0.3) is 17.3 Å². The van der Waals surface area contributed by atoms with Gasteiger partial charge >= 0.3 is 0 Å². The molecule has 1 aliphatic heterocycles. The highest BCUT2D eigenvalue weighted by atomic mass is 32.2. The van der Waals surface area contributed by atoms with Crippen LogP contribution in [-0.4, -0.2) is 41.7 Å². The van der Waals surface area contributed by atoms with Crippen LogP contribution in [-0.2, 0) is 20.0 Å². The number of likely N-dealkylation sites (N-methyl/N-ethyl adjacent to an activating group) is 1. The molecule has 0 saturated carbocycles. The fraction of sp³-hybridized carbons (Fsp3) is 0.433. The lowest BCUT2D eigenvalue weighted by molar-refractivity contribution is 0.222. The minimum atomic E-state index is -3.45. The third-order valence-electron chi connectivity index (χ3n) is 8.73. The zero-order valence-electron chi connectivity index (χ0n) is 24.1. The lowest BCUT2D eigenvalue weighted by atomic mass is 9.65. The highest BCUT2D eigenvalue weighted by Crippen LogP contribution is 2.51. The highest BCUT2D eigenvalue weighted by Gasteiger charge is 2.46. The SMILES string of the molecule is CC[C@H]1CC[C@](CC)(c2cncc(-c3nc(C(C)(C)S(C)(=O)=O)co3)n2)C2=C1C=C(c1c(F)cccc1F)NN2C. The van der Waals surface area contributed by atoms with Crippen molar-refractivity contribution in [3.05, 3.63) is 82.8 Å². The second kappa shape index (κ2) is 10.3. The van der Waals surface area contributed by atoms with E-state index in [0.717, 1.165) is 30.5 Å². The standard InChI is InChI=1S/C30H35F2N5O3S/c1-7-18-12-13-30(8-2,27-19(18)14-22(36-37(27)5)26-20(31)10-9-11-21(26)32)24-16-33-15-23(34-24)28-35-25(17-40-28)29(3,4)41(6,38)39/h9-11,14-18,36H,7-8,12-13H2,1-6H3/t18-,30+/m0/s1. The van der Waals surface area contributed by atoms with Gasteiger partial charge in [-0.3, -0.25) is 15.4 Å². The molecule has 41 heavy (non-hydrogen) atoms. The first kappa shape index (κ1) is 28.9. The molecular weight excluding hydrogens is 548 g/mol. The molecule has 3 heterocycles. The van der Waals surface area contributed by atoms with Crippen LogP contribution in [0.2, 0.25) is 0 Å². The Kier molecular flexibility index (Phi) is 7.30. The second-order valence-electron chi connectivity index (χ2n) is 11.3. The van der Waals surface area contributed by atoms with E-state index in [2.05, 4.69) is 29.2 Å². The molecule has 0 unspecified atom stereocenters. The zero-order valence-corrected chi connectivity index (χ0v) is 24.9. The lowest BCUT2D eigenvalue weighted by Crippen LogP contribution is -2.48. The Bertz CT molecular complexity index is 1640. The fourth-order valence-electron chi connectivity index (χ4n) is 5.93. The molecular formula is C30H35F2N5O3S. The molecule has 1 aliphatic carbocycles. The quantitative estimate of drug-likeness (QED) is 0.367. The van der Waals surface area contributed by atoms with Crippen LogP contribution in [0.1, 0.15) is 70.3 Å². The van der Waals surface area contributed by atoms with Crippen LogP contribution in [0.15, 0.2) is 58.6 Å². The molecule has 11 heteroatoms. The van der Waals surface area contributed by atoms with Gasteiger partial charge < -0.3 is 4.42 Å². The van der Waals surface area contributed by atoms with Crippen molar-refractivity contribution >= 4 is 15.5 Å². The van der Waals surface area contributed by atoms with E-state index < -0.39 is 31.6 Å². The number of hydrazine groups is 1. The van der Waals surface area contributed by atoms with Crippen LogP contribution in [0, 0.1) is 17.6 Å². The summed E-state index contributed by atoms with van der Waals surface area (Å²) in [6.45, 7) is 7.37. The Morgan fingerprint density at radius 1 is 1.17 bits per heavy atom. The molecule has 1 N–H and O–H groups in total. The molecule has 0 saturated heterocycles. The average molecular weight is 584 g/mol. The average Bonchev–Trinajstić information content (AvgIpc) is 3.43. The fourth-order valence-corrected chi connectivity index (χ4v) is 6.40. The zero-order chi connectivity index (χ0) is 29.7. The summed E-state index contributed by atoms with van der Waals surface area (Å²) in [5.74, 6) is -0.881. The molecule has 0 bridgehead atoms. The Morgan fingerprint density at radius 3 is 2.51 bits per heavy atom. The number of halogens is 2. The predicted octanol–water partition coefficient (Wildman–Crippen LogP) is 5.90. The maximum Gasteiger partial charge on any atom is 0.246 e. The van der Waals surface area contributed by atoms with E-state index in [1.165, 1.54) is 30.7 Å². The van der Waals surface area contributed by atoms with Gasteiger partial charge in [0.2, 0.25) is 5.89 Å². The normalized spacial score (nSPS) is 21.4. The van der Waals surface area contributed by atoms with Gasteiger partial charge in [-0.2, -0.15) is 0 Å². The van der Waals surface area contributed by atoms with E-state index in [0.29, 0.717) is 23.5 Å². The van der Waals surface area contributed by atoms with E-state index >= 15 is 0 Å². The van der Waals surface area contributed by atoms with Gasteiger partial charge in [0.1, 0.15) is 34.0 Å². The molecule has 218 valence electrons. The molecule has 8 nitrogen and oxygen atoms in total. The van der Waals surface area contributed by atoms with Crippen molar-refractivity contribution in [2.75, 3.05) is 13.3 Å². The Balaban J connectivity index is 1.63. The van der Waals surface area contributed by atoms with Crippen molar-refractivity contribution in [3.63, 3.8) is 0 Å². The minimum absolute atomic E-state index is 0.0908. The first-order valence-corrected chi connectivity index (χ1v) is 15.6.